The zero-order valence-corrected chi connectivity index (χ0v) is 9.72. The van der Waals surface area contributed by atoms with Gasteiger partial charge in [0.05, 0.1) is 0 Å². The van der Waals surface area contributed by atoms with Crippen LogP contribution in [0.15, 0.2) is 41.8 Å². The third-order valence-corrected chi connectivity index (χ3v) is 3.01. The number of para-hydroxylation sites is 1. The van der Waals surface area contributed by atoms with Crippen LogP contribution in [0.3, 0.4) is 0 Å². The van der Waals surface area contributed by atoms with Crippen LogP contribution in [0, 0.1) is 0 Å². The molecular weight excluding hydrogens is 204 g/mol. The number of rotatable bonds is 7. The fourth-order valence-corrected chi connectivity index (χ4v) is 1.98. The fraction of sp³-hybridized carbons (Fsp3) is 0.333. The number of hydrogen-bond acceptors (Lipinski definition) is 3. The van der Waals surface area contributed by atoms with Gasteiger partial charge in [-0.15, -0.1) is 18.3 Å². The summed E-state index contributed by atoms with van der Waals surface area (Å²) in [6, 6.07) is 8.32. The molecule has 0 bridgehead atoms. The first-order valence-electron chi connectivity index (χ1n) is 5.15. The molecule has 2 nitrogen and oxygen atoms in total. The lowest BCUT2D eigenvalue weighted by atomic mass is 10.3. The Hall–Kier alpha value is -0.930. The Morgan fingerprint density at radius 3 is 2.93 bits per heavy atom. The number of benzene rings is 1. The molecule has 0 aliphatic carbocycles. The van der Waals surface area contributed by atoms with Crippen LogP contribution in [0.1, 0.15) is 6.42 Å². The molecule has 0 spiro atoms. The maximum Gasteiger partial charge on any atom is 0.0478 e. The van der Waals surface area contributed by atoms with Gasteiger partial charge in [0.2, 0.25) is 0 Å². The monoisotopic (exact) mass is 222 g/mol. The van der Waals surface area contributed by atoms with Crippen LogP contribution in [0.5, 0.6) is 0 Å². The third kappa shape index (κ3) is 4.40. The van der Waals surface area contributed by atoms with Crippen molar-refractivity contribution in [3.63, 3.8) is 0 Å². The van der Waals surface area contributed by atoms with Gasteiger partial charge in [-0.1, -0.05) is 18.2 Å². The van der Waals surface area contributed by atoms with Crippen LogP contribution in [0.2, 0.25) is 0 Å². The fourth-order valence-electron chi connectivity index (χ4n) is 1.21. The predicted octanol–water partition coefficient (Wildman–Crippen LogP) is 2.73. The molecule has 0 amide bonds. The largest absolute Gasteiger partial charge is 0.384 e. The van der Waals surface area contributed by atoms with Crippen molar-refractivity contribution in [1.82, 2.24) is 0 Å². The first-order valence-corrected chi connectivity index (χ1v) is 6.13. The third-order valence-electron chi connectivity index (χ3n) is 1.94. The Bertz CT molecular complexity index is 299. The van der Waals surface area contributed by atoms with E-state index in [1.165, 1.54) is 10.6 Å². The van der Waals surface area contributed by atoms with Gasteiger partial charge in [-0.05, 0) is 25.1 Å². The summed E-state index contributed by atoms with van der Waals surface area (Å²) in [5.41, 5.74) is 6.64. The predicted molar refractivity (Wildman–Crippen MR) is 69.5 cm³/mol. The van der Waals surface area contributed by atoms with Crippen molar-refractivity contribution in [3.8, 4) is 0 Å². The van der Waals surface area contributed by atoms with Crippen LogP contribution < -0.4 is 11.1 Å². The lowest BCUT2D eigenvalue weighted by Gasteiger charge is -2.10. The molecule has 0 saturated heterocycles. The first kappa shape index (κ1) is 12.1. The second-order valence-corrected chi connectivity index (χ2v) is 4.23. The summed E-state index contributed by atoms with van der Waals surface area (Å²) in [5, 5.41) is 3.39. The van der Waals surface area contributed by atoms with Gasteiger partial charge < -0.3 is 11.1 Å². The van der Waals surface area contributed by atoms with Gasteiger partial charge in [0.15, 0.2) is 0 Å². The summed E-state index contributed by atoms with van der Waals surface area (Å²) in [7, 11) is 0. The molecule has 0 aliphatic heterocycles. The molecule has 82 valence electrons. The Morgan fingerprint density at radius 2 is 2.20 bits per heavy atom. The minimum atomic E-state index is 0.731. The second kappa shape index (κ2) is 7.37. The Morgan fingerprint density at radius 1 is 1.40 bits per heavy atom. The van der Waals surface area contributed by atoms with Crippen LogP contribution in [-0.4, -0.2) is 18.8 Å². The Balaban J connectivity index is 2.55. The van der Waals surface area contributed by atoms with Crippen LogP contribution in [0.25, 0.3) is 0 Å². The average Bonchev–Trinajstić information content (AvgIpc) is 2.28. The van der Waals surface area contributed by atoms with Gasteiger partial charge in [-0.3, -0.25) is 0 Å². The highest BCUT2D eigenvalue weighted by atomic mass is 32.2. The van der Waals surface area contributed by atoms with E-state index in [-0.39, 0.29) is 0 Å². The molecule has 1 aromatic carbocycles. The number of nitrogens with one attached hydrogen (secondary N) is 1. The Kier molecular flexibility index (Phi) is 5.97. The number of thioether (sulfide) groups is 1. The van der Waals surface area contributed by atoms with E-state index in [1.54, 1.807) is 11.8 Å². The maximum absolute atomic E-state index is 5.45. The Labute approximate surface area is 95.9 Å². The van der Waals surface area contributed by atoms with Gasteiger partial charge in [0, 0.05) is 22.9 Å². The highest BCUT2D eigenvalue weighted by Gasteiger charge is 1.99. The van der Waals surface area contributed by atoms with E-state index in [4.69, 9.17) is 5.73 Å². The molecule has 1 rings (SSSR count). The van der Waals surface area contributed by atoms with E-state index in [0.29, 0.717) is 0 Å². The number of nitrogens with two attached hydrogens (primary N) is 1. The molecule has 0 atom stereocenters. The van der Waals surface area contributed by atoms with Crippen LogP contribution in [-0.2, 0) is 0 Å². The molecule has 0 fully saturated rings. The van der Waals surface area contributed by atoms with E-state index in [9.17, 15) is 0 Å². The molecule has 0 aliphatic rings. The van der Waals surface area contributed by atoms with Crippen molar-refractivity contribution in [1.29, 1.82) is 0 Å². The van der Waals surface area contributed by atoms with Crippen molar-refractivity contribution < 1.29 is 0 Å². The van der Waals surface area contributed by atoms with Crippen LogP contribution in [0.4, 0.5) is 5.69 Å². The van der Waals surface area contributed by atoms with Crippen molar-refractivity contribution in [3.05, 3.63) is 36.9 Å². The molecule has 0 heterocycles. The summed E-state index contributed by atoms with van der Waals surface area (Å²) in [6.07, 6.45) is 2.92. The minimum Gasteiger partial charge on any atom is -0.384 e. The van der Waals surface area contributed by atoms with Crippen molar-refractivity contribution in [2.24, 2.45) is 5.73 Å². The topological polar surface area (TPSA) is 38.0 Å². The average molecular weight is 222 g/mol. The highest BCUT2D eigenvalue weighted by Crippen LogP contribution is 2.26. The lowest BCUT2D eigenvalue weighted by molar-refractivity contribution is 0.872. The van der Waals surface area contributed by atoms with E-state index in [1.807, 2.05) is 12.1 Å². The SMILES string of the molecule is C=CCSc1ccccc1NCCCN. The molecular formula is C12H18N2S. The van der Waals surface area contributed by atoms with Crippen LogP contribution >= 0.6 is 11.8 Å². The van der Waals surface area contributed by atoms with E-state index in [0.717, 1.165) is 25.3 Å². The van der Waals surface area contributed by atoms with Gasteiger partial charge in [0.1, 0.15) is 0 Å². The highest BCUT2D eigenvalue weighted by molar-refractivity contribution is 7.99. The van der Waals surface area contributed by atoms with E-state index >= 15 is 0 Å². The summed E-state index contributed by atoms with van der Waals surface area (Å²) in [6.45, 7) is 5.39. The maximum atomic E-state index is 5.45. The molecule has 0 radical (unpaired) electrons. The van der Waals surface area contributed by atoms with Gasteiger partial charge in [-0.25, -0.2) is 0 Å². The molecule has 0 aromatic heterocycles. The van der Waals surface area contributed by atoms with Crippen molar-refractivity contribution >= 4 is 17.4 Å². The molecule has 15 heavy (non-hydrogen) atoms. The molecule has 0 unspecified atom stereocenters. The normalized spacial score (nSPS) is 9.93. The molecule has 1 aromatic rings. The van der Waals surface area contributed by atoms with Gasteiger partial charge in [-0.2, -0.15) is 0 Å². The van der Waals surface area contributed by atoms with Crippen molar-refractivity contribution in [2.75, 3.05) is 24.2 Å². The number of hydrogen-bond donors (Lipinski definition) is 2. The second-order valence-electron chi connectivity index (χ2n) is 3.16. The molecule has 0 saturated carbocycles. The smallest absolute Gasteiger partial charge is 0.0478 e. The van der Waals surface area contributed by atoms with Gasteiger partial charge >= 0.3 is 0 Å². The quantitative estimate of drug-likeness (QED) is 0.423. The van der Waals surface area contributed by atoms with E-state index < -0.39 is 0 Å². The molecule has 3 N–H and O–H groups in total. The minimum absolute atomic E-state index is 0.731. The zero-order chi connectivity index (χ0) is 10.9. The molecule has 3 heteroatoms. The summed E-state index contributed by atoms with van der Waals surface area (Å²) < 4.78 is 0. The summed E-state index contributed by atoms with van der Waals surface area (Å²) in [5.74, 6) is 0.940. The van der Waals surface area contributed by atoms with E-state index in [2.05, 4.69) is 30.1 Å². The van der Waals surface area contributed by atoms with Crippen molar-refractivity contribution in [2.45, 2.75) is 11.3 Å². The summed E-state index contributed by atoms with van der Waals surface area (Å²) >= 11 is 1.79. The summed E-state index contributed by atoms with van der Waals surface area (Å²) in [4.78, 5) is 1.27. The number of anilines is 1. The zero-order valence-electron chi connectivity index (χ0n) is 8.91. The van der Waals surface area contributed by atoms with Gasteiger partial charge in [0.25, 0.3) is 0 Å². The first-order chi connectivity index (χ1) is 7.38. The standard InChI is InChI=1S/C12H18N2S/c1-2-10-15-12-7-4-3-6-11(12)14-9-5-8-13/h2-4,6-7,14H,1,5,8-10,13H2. The lowest BCUT2D eigenvalue weighted by Crippen LogP contribution is -2.08.